The summed E-state index contributed by atoms with van der Waals surface area (Å²) in [6, 6.07) is 7.99. The maximum atomic E-state index is 12.2. The van der Waals surface area contributed by atoms with Crippen molar-refractivity contribution in [2.45, 2.75) is 24.8 Å². The second-order valence-electron chi connectivity index (χ2n) is 4.26. The zero-order valence-corrected chi connectivity index (χ0v) is 12.6. The summed E-state index contributed by atoms with van der Waals surface area (Å²) in [7, 11) is -3.60. The average molecular weight is 309 g/mol. The Hall–Kier alpha value is -1.50. The van der Waals surface area contributed by atoms with Crippen molar-refractivity contribution in [1.29, 1.82) is 0 Å². The molecule has 106 valence electrons. The average Bonchev–Trinajstić information content (AvgIpc) is 2.98. The molecule has 0 bridgehead atoms. The molecule has 2 rings (SSSR count). The van der Waals surface area contributed by atoms with E-state index in [0.717, 1.165) is 5.56 Å². The molecule has 0 radical (unpaired) electrons. The van der Waals surface area contributed by atoms with Crippen molar-refractivity contribution in [2.24, 2.45) is 0 Å². The van der Waals surface area contributed by atoms with Gasteiger partial charge in [0.15, 0.2) is 5.78 Å². The van der Waals surface area contributed by atoms with E-state index in [2.05, 4.69) is 4.72 Å². The number of hydrogen-bond donors (Lipinski definition) is 1. The van der Waals surface area contributed by atoms with E-state index in [1.807, 2.05) is 16.8 Å². The van der Waals surface area contributed by atoms with E-state index in [0.29, 0.717) is 12.0 Å². The Kier molecular flexibility index (Phi) is 4.69. The van der Waals surface area contributed by atoms with E-state index in [4.69, 9.17) is 0 Å². The third-order valence-electron chi connectivity index (χ3n) is 2.83. The van der Waals surface area contributed by atoms with Crippen molar-refractivity contribution in [1.82, 2.24) is 4.72 Å². The molecule has 0 unspecified atom stereocenters. The lowest BCUT2D eigenvalue weighted by molar-refractivity contribution is 0.0988. The molecule has 1 heterocycles. The first-order valence-corrected chi connectivity index (χ1v) is 8.59. The van der Waals surface area contributed by atoms with Crippen LogP contribution in [-0.4, -0.2) is 14.2 Å². The first-order valence-electron chi connectivity index (χ1n) is 6.17. The highest BCUT2D eigenvalue weighted by molar-refractivity contribution is 7.89. The monoisotopic (exact) mass is 309 g/mol. The predicted molar refractivity (Wildman–Crippen MR) is 79.4 cm³/mol. The van der Waals surface area contributed by atoms with Crippen molar-refractivity contribution in [3.63, 3.8) is 0 Å². The maximum absolute atomic E-state index is 12.2. The number of hydrogen-bond acceptors (Lipinski definition) is 4. The number of nitrogens with one attached hydrogen (secondary N) is 1. The van der Waals surface area contributed by atoms with Gasteiger partial charge in [0, 0.05) is 18.5 Å². The molecule has 20 heavy (non-hydrogen) atoms. The largest absolute Gasteiger partial charge is 0.294 e. The lowest BCUT2D eigenvalue weighted by Crippen LogP contribution is -2.23. The summed E-state index contributed by atoms with van der Waals surface area (Å²) in [4.78, 5) is 11.7. The summed E-state index contributed by atoms with van der Waals surface area (Å²) >= 11 is 1.52. The minimum Gasteiger partial charge on any atom is -0.294 e. The van der Waals surface area contributed by atoms with Gasteiger partial charge in [-0.15, -0.1) is 0 Å². The van der Waals surface area contributed by atoms with Crippen molar-refractivity contribution in [3.05, 3.63) is 52.2 Å². The van der Waals surface area contributed by atoms with Crippen molar-refractivity contribution in [3.8, 4) is 0 Å². The molecule has 1 N–H and O–H groups in total. The number of benzene rings is 1. The third-order valence-corrected chi connectivity index (χ3v) is 4.96. The van der Waals surface area contributed by atoms with E-state index in [-0.39, 0.29) is 17.2 Å². The van der Waals surface area contributed by atoms with Crippen molar-refractivity contribution in [2.75, 3.05) is 0 Å². The second-order valence-corrected chi connectivity index (χ2v) is 6.81. The number of carbonyl (C=O) groups is 1. The van der Waals surface area contributed by atoms with Gasteiger partial charge in [-0.2, -0.15) is 11.3 Å². The topological polar surface area (TPSA) is 63.2 Å². The number of sulfonamides is 1. The fourth-order valence-corrected chi connectivity index (χ4v) is 3.43. The van der Waals surface area contributed by atoms with Crippen LogP contribution >= 0.6 is 11.3 Å². The molecule has 4 nitrogen and oxygen atoms in total. The van der Waals surface area contributed by atoms with Crippen LogP contribution in [0.25, 0.3) is 0 Å². The highest BCUT2D eigenvalue weighted by Gasteiger charge is 2.15. The standard InChI is InChI=1S/C14H15NO3S2/c1-2-14(16)12-4-3-5-13(8-12)20(17,18)15-9-11-6-7-19-10-11/h3-8,10,15H,2,9H2,1H3. The minimum atomic E-state index is -3.60. The van der Waals surface area contributed by atoms with Crippen molar-refractivity contribution >= 4 is 27.1 Å². The van der Waals surface area contributed by atoms with Gasteiger partial charge in [0.25, 0.3) is 0 Å². The van der Waals surface area contributed by atoms with Crippen molar-refractivity contribution < 1.29 is 13.2 Å². The molecule has 0 saturated carbocycles. The van der Waals surface area contributed by atoms with E-state index in [1.54, 1.807) is 19.1 Å². The van der Waals surface area contributed by atoms with Crippen LogP contribution in [0.4, 0.5) is 0 Å². The highest BCUT2D eigenvalue weighted by atomic mass is 32.2. The lowest BCUT2D eigenvalue weighted by atomic mass is 10.1. The number of Topliss-reactive ketones (excluding diaryl/α,β-unsaturated/α-hetero) is 1. The van der Waals surface area contributed by atoms with Crippen LogP contribution in [0.5, 0.6) is 0 Å². The molecule has 6 heteroatoms. The van der Waals surface area contributed by atoms with Gasteiger partial charge in [-0.05, 0) is 34.5 Å². The molecule has 0 amide bonds. The molecular formula is C14H15NO3S2. The Morgan fingerprint density at radius 2 is 2.10 bits per heavy atom. The van der Waals surface area contributed by atoms with Crippen LogP contribution in [0.2, 0.25) is 0 Å². The van der Waals surface area contributed by atoms with Gasteiger partial charge in [0.1, 0.15) is 0 Å². The Labute approximate surface area is 122 Å². The molecular weight excluding hydrogens is 294 g/mol. The zero-order chi connectivity index (χ0) is 14.6. The SMILES string of the molecule is CCC(=O)c1cccc(S(=O)(=O)NCc2ccsc2)c1. The number of rotatable bonds is 6. The van der Waals surface area contributed by atoms with Gasteiger partial charge < -0.3 is 0 Å². The first kappa shape index (κ1) is 14.9. The third kappa shape index (κ3) is 3.53. The molecule has 0 spiro atoms. The van der Waals surface area contributed by atoms with E-state index in [9.17, 15) is 13.2 Å². The fourth-order valence-electron chi connectivity index (χ4n) is 1.70. The summed E-state index contributed by atoms with van der Waals surface area (Å²) < 4.78 is 26.9. The second kappa shape index (κ2) is 6.30. The molecule has 1 aromatic heterocycles. The van der Waals surface area contributed by atoms with Crippen LogP contribution < -0.4 is 4.72 Å². The van der Waals surface area contributed by atoms with E-state index in [1.165, 1.54) is 23.5 Å². The lowest BCUT2D eigenvalue weighted by Gasteiger charge is -2.07. The molecule has 1 aromatic carbocycles. The van der Waals surface area contributed by atoms with Crippen LogP contribution in [0.15, 0.2) is 46.0 Å². The van der Waals surface area contributed by atoms with E-state index < -0.39 is 10.0 Å². The van der Waals surface area contributed by atoms with Gasteiger partial charge in [-0.1, -0.05) is 19.1 Å². The van der Waals surface area contributed by atoms with Gasteiger partial charge in [-0.3, -0.25) is 4.79 Å². The van der Waals surface area contributed by atoms with Crippen LogP contribution in [0.3, 0.4) is 0 Å². The molecule has 0 aliphatic rings. The van der Waals surface area contributed by atoms with Crippen LogP contribution in [0, 0.1) is 0 Å². The summed E-state index contributed by atoms with van der Waals surface area (Å²) in [5.41, 5.74) is 1.34. The van der Waals surface area contributed by atoms with Crippen LogP contribution in [-0.2, 0) is 16.6 Å². The number of carbonyl (C=O) groups excluding carboxylic acids is 1. The van der Waals surface area contributed by atoms with Gasteiger partial charge in [0.2, 0.25) is 10.0 Å². The highest BCUT2D eigenvalue weighted by Crippen LogP contribution is 2.14. The number of thiophene rings is 1. The minimum absolute atomic E-state index is 0.0696. The molecule has 0 aliphatic heterocycles. The normalized spacial score (nSPS) is 11.4. The smallest absolute Gasteiger partial charge is 0.240 e. The molecule has 0 fully saturated rings. The van der Waals surface area contributed by atoms with E-state index >= 15 is 0 Å². The Bertz CT molecular complexity index is 691. The Morgan fingerprint density at radius 1 is 1.30 bits per heavy atom. The summed E-state index contributed by atoms with van der Waals surface area (Å²) in [6.07, 6.45) is 0.353. The molecule has 0 saturated heterocycles. The zero-order valence-electron chi connectivity index (χ0n) is 11.0. The Morgan fingerprint density at radius 3 is 2.75 bits per heavy atom. The van der Waals surface area contributed by atoms with Gasteiger partial charge in [-0.25, -0.2) is 13.1 Å². The predicted octanol–water partition coefficient (Wildman–Crippen LogP) is 2.82. The number of ketones is 1. The summed E-state index contributed by atoms with van der Waals surface area (Å²) in [6.45, 7) is 2.00. The summed E-state index contributed by atoms with van der Waals surface area (Å²) in [5.74, 6) is -0.0696. The maximum Gasteiger partial charge on any atom is 0.240 e. The fraction of sp³-hybridized carbons (Fsp3) is 0.214. The van der Waals surface area contributed by atoms with Gasteiger partial charge >= 0.3 is 0 Å². The van der Waals surface area contributed by atoms with Gasteiger partial charge in [0.05, 0.1) is 4.90 Å². The van der Waals surface area contributed by atoms with Crippen LogP contribution in [0.1, 0.15) is 29.3 Å². The summed E-state index contributed by atoms with van der Waals surface area (Å²) in [5, 5.41) is 3.78. The molecule has 2 aromatic rings. The first-order chi connectivity index (χ1) is 9.53. The Balaban J connectivity index is 2.18. The molecule has 0 aliphatic carbocycles. The molecule has 0 atom stereocenters. The quantitative estimate of drug-likeness (QED) is 0.835.